The van der Waals surface area contributed by atoms with Gasteiger partial charge in [0.2, 0.25) is 0 Å². The summed E-state index contributed by atoms with van der Waals surface area (Å²) in [6.07, 6.45) is 0. The van der Waals surface area contributed by atoms with Crippen LogP contribution in [0.15, 0.2) is 48.5 Å². The van der Waals surface area contributed by atoms with Crippen LogP contribution in [0, 0.1) is 10.1 Å². The lowest BCUT2D eigenvalue weighted by Gasteiger charge is -2.14. The molecule has 1 atom stereocenters. The molecule has 0 saturated heterocycles. The highest BCUT2D eigenvalue weighted by Gasteiger charge is 2.08. The molecule has 5 nitrogen and oxygen atoms in total. The monoisotopic (exact) mass is 286 g/mol. The average Bonchev–Trinajstić information content (AvgIpc) is 2.53. The molecule has 21 heavy (non-hydrogen) atoms. The summed E-state index contributed by atoms with van der Waals surface area (Å²) in [5.41, 5.74) is 3.13. The average molecular weight is 286 g/mol. The lowest BCUT2D eigenvalue weighted by Crippen LogP contribution is -2.18. The van der Waals surface area contributed by atoms with E-state index in [1.54, 1.807) is 12.1 Å². The predicted octanol–water partition coefficient (Wildman–Crippen LogP) is 2.94. The van der Waals surface area contributed by atoms with E-state index < -0.39 is 4.92 Å². The van der Waals surface area contributed by atoms with Gasteiger partial charge >= 0.3 is 0 Å². The summed E-state index contributed by atoms with van der Waals surface area (Å²) >= 11 is 0. The van der Waals surface area contributed by atoms with E-state index in [-0.39, 0.29) is 18.3 Å². The van der Waals surface area contributed by atoms with Crippen LogP contribution in [-0.4, -0.2) is 10.0 Å². The Morgan fingerprint density at radius 3 is 2.19 bits per heavy atom. The molecule has 2 aromatic rings. The zero-order chi connectivity index (χ0) is 15.2. The van der Waals surface area contributed by atoms with Crippen molar-refractivity contribution in [2.45, 2.75) is 26.1 Å². The van der Waals surface area contributed by atoms with E-state index in [0.29, 0.717) is 6.54 Å². The van der Waals surface area contributed by atoms with E-state index in [2.05, 4.69) is 5.32 Å². The van der Waals surface area contributed by atoms with Crippen LogP contribution >= 0.6 is 0 Å². The molecule has 0 bridgehead atoms. The molecule has 0 aliphatic carbocycles. The first kappa shape index (κ1) is 15.2. The van der Waals surface area contributed by atoms with Crippen LogP contribution in [0.5, 0.6) is 0 Å². The van der Waals surface area contributed by atoms with Crippen LogP contribution in [0.2, 0.25) is 0 Å². The number of nitrogens with zero attached hydrogens (tertiary/aromatic N) is 1. The zero-order valence-corrected chi connectivity index (χ0v) is 11.8. The van der Waals surface area contributed by atoms with Crippen molar-refractivity contribution in [2.75, 3.05) is 0 Å². The van der Waals surface area contributed by atoms with Crippen LogP contribution in [-0.2, 0) is 13.2 Å². The van der Waals surface area contributed by atoms with Crippen molar-refractivity contribution in [3.05, 3.63) is 75.3 Å². The van der Waals surface area contributed by atoms with Gasteiger partial charge in [-0.3, -0.25) is 10.1 Å². The van der Waals surface area contributed by atoms with Crippen molar-refractivity contribution in [1.82, 2.24) is 5.32 Å². The van der Waals surface area contributed by atoms with E-state index in [1.165, 1.54) is 12.1 Å². The van der Waals surface area contributed by atoms with Crippen LogP contribution in [0.4, 0.5) is 5.69 Å². The molecule has 0 spiro atoms. The summed E-state index contributed by atoms with van der Waals surface area (Å²) in [5.74, 6) is 0. The predicted molar refractivity (Wildman–Crippen MR) is 80.7 cm³/mol. The first-order valence-corrected chi connectivity index (χ1v) is 6.76. The summed E-state index contributed by atoms with van der Waals surface area (Å²) in [6.45, 7) is 2.76. The minimum atomic E-state index is -0.398. The Labute approximate surface area is 123 Å². The second-order valence-electron chi connectivity index (χ2n) is 4.93. The van der Waals surface area contributed by atoms with Crippen LogP contribution in [0.1, 0.15) is 29.7 Å². The number of non-ortho nitro benzene ring substituents is 1. The van der Waals surface area contributed by atoms with Gasteiger partial charge in [0.15, 0.2) is 0 Å². The smallest absolute Gasteiger partial charge is 0.269 e. The summed E-state index contributed by atoms with van der Waals surface area (Å²) in [6, 6.07) is 14.4. The van der Waals surface area contributed by atoms with E-state index in [4.69, 9.17) is 5.11 Å². The number of aliphatic hydroxyl groups is 1. The van der Waals surface area contributed by atoms with Gasteiger partial charge < -0.3 is 10.4 Å². The maximum atomic E-state index is 10.6. The molecule has 0 aliphatic rings. The van der Waals surface area contributed by atoms with Crippen molar-refractivity contribution >= 4 is 5.69 Å². The Balaban J connectivity index is 1.94. The Hall–Kier alpha value is -2.24. The largest absolute Gasteiger partial charge is 0.392 e. The number of nitrogens with one attached hydrogen (secondary N) is 1. The fraction of sp³-hybridized carbons (Fsp3) is 0.250. The number of hydrogen-bond acceptors (Lipinski definition) is 4. The van der Waals surface area contributed by atoms with Gasteiger partial charge in [0.05, 0.1) is 11.5 Å². The molecule has 110 valence electrons. The van der Waals surface area contributed by atoms with Gasteiger partial charge in [-0.2, -0.15) is 0 Å². The molecule has 0 heterocycles. The standard InChI is InChI=1S/C16H18N2O3/c1-12(15-6-8-16(9-7-15)18(20)21)17-10-13-2-4-14(11-19)5-3-13/h2-9,12,17,19H,10-11H2,1H3. The van der Waals surface area contributed by atoms with E-state index in [9.17, 15) is 10.1 Å². The topological polar surface area (TPSA) is 75.4 Å². The number of rotatable bonds is 6. The highest BCUT2D eigenvalue weighted by Crippen LogP contribution is 2.18. The number of aliphatic hydroxyl groups excluding tert-OH is 1. The Morgan fingerprint density at radius 1 is 1.10 bits per heavy atom. The van der Waals surface area contributed by atoms with Crippen molar-refractivity contribution in [3.63, 3.8) is 0 Å². The van der Waals surface area contributed by atoms with Gasteiger partial charge in [-0.05, 0) is 23.6 Å². The van der Waals surface area contributed by atoms with Crippen molar-refractivity contribution in [1.29, 1.82) is 0 Å². The van der Waals surface area contributed by atoms with Crippen molar-refractivity contribution in [2.24, 2.45) is 0 Å². The molecular weight excluding hydrogens is 268 g/mol. The Morgan fingerprint density at radius 2 is 1.67 bits per heavy atom. The third-order valence-electron chi connectivity index (χ3n) is 3.42. The van der Waals surface area contributed by atoms with Crippen LogP contribution in [0.25, 0.3) is 0 Å². The molecule has 0 fully saturated rings. The zero-order valence-electron chi connectivity index (χ0n) is 11.8. The normalized spacial score (nSPS) is 12.1. The molecule has 0 aliphatic heterocycles. The molecule has 0 radical (unpaired) electrons. The van der Waals surface area contributed by atoms with Gasteiger partial charge in [0.25, 0.3) is 5.69 Å². The fourth-order valence-corrected chi connectivity index (χ4v) is 2.04. The van der Waals surface area contributed by atoms with Crippen LogP contribution < -0.4 is 5.32 Å². The number of hydrogen-bond donors (Lipinski definition) is 2. The summed E-state index contributed by atoms with van der Waals surface area (Å²) in [7, 11) is 0. The number of nitro groups is 1. The van der Waals surface area contributed by atoms with Crippen molar-refractivity contribution in [3.8, 4) is 0 Å². The molecule has 0 aromatic heterocycles. The van der Waals surface area contributed by atoms with Gasteiger partial charge in [-0.1, -0.05) is 36.4 Å². The third-order valence-corrected chi connectivity index (χ3v) is 3.42. The minimum Gasteiger partial charge on any atom is -0.392 e. The van der Waals surface area contributed by atoms with Crippen LogP contribution in [0.3, 0.4) is 0 Å². The molecular formula is C16H18N2O3. The molecule has 2 rings (SSSR count). The van der Waals surface area contributed by atoms with Gasteiger partial charge in [0, 0.05) is 24.7 Å². The molecule has 0 saturated carbocycles. The number of nitro benzene ring substituents is 1. The van der Waals surface area contributed by atoms with E-state index in [0.717, 1.165) is 16.7 Å². The van der Waals surface area contributed by atoms with E-state index >= 15 is 0 Å². The second kappa shape index (κ2) is 6.97. The lowest BCUT2D eigenvalue weighted by atomic mass is 10.1. The maximum Gasteiger partial charge on any atom is 0.269 e. The number of benzene rings is 2. The SMILES string of the molecule is CC(NCc1ccc(CO)cc1)c1ccc([N+](=O)[O-])cc1. The van der Waals surface area contributed by atoms with Gasteiger partial charge in [0.1, 0.15) is 0 Å². The van der Waals surface area contributed by atoms with Crippen molar-refractivity contribution < 1.29 is 10.0 Å². The maximum absolute atomic E-state index is 10.6. The molecule has 2 aromatic carbocycles. The fourth-order valence-electron chi connectivity index (χ4n) is 2.04. The minimum absolute atomic E-state index is 0.0485. The Kier molecular flexibility index (Phi) is 5.03. The summed E-state index contributed by atoms with van der Waals surface area (Å²) in [4.78, 5) is 10.2. The molecule has 2 N–H and O–H groups in total. The second-order valence-corrected chi connectivity index (χ2v) is 4.93. The quantitative estimate of drug-likeness (QED) is 0.632. The first-order valence-electron chi connectivity index (χ1n) is 6.76. The van der Waals surface area contributed by atoms with E-state index in [1.807, 2.05) is 31.2 Å². The summed E-state index contributed by atoms with van der Waals surface area (Å²) in [5, 5.41) is 23.0. The molecule has 0 amide bonds. The summed E-state index contributed by atoms with van der Waals surface area (Å²) < 4.78 is 0. The molecule has 5 heteroatoms. The van der Waals surface area contributed by atoms with Gasteiger partial charge in [-0.15, -0.1) is 0 Å². The third kappa shape index (κ3) is 4.11. The highest BCUT2D eigenvalue weighted by atomic mass is 16.6. The Bertz CT molecular complexity index is 594. The molecule has 1 unspecified atom stereocenters. The first-order chi connectivity index (χ1) is 10.1. The lowest BCUT2D eigenvalue weighted by molar-refractivity contribution is -0.384. The highest BCUT2D eigenvalue weighted by molar-refractivity contribution is 5.34. The van der Waals surface area contributed by atoms with Gasteiger partial charge in [-0.25, -0.2) is 0 Å².